The molecule has 1 saturated heterocycles. The third-order valence-corrected chi connectivity index (χ3v) is 4.92. The van der Waals surface area contributed by atoms with E-state index >= 15 is 0 Å². The zero-order valence-electron chi connectivity index (χ0n) is 13.3. The molecule has 0 amide bonds. The molecule has 1 unspecified atom stereocenters. The molecule has 2 heterocycles. The van der Waals surface area contributed by atoms with Gasteiger partial charge in [0.1, 0.15) is 17.1 Å². The molecular weight excluding hydrogens is 297 g/mol. The third kappa shape index (κ3) is 2.88. The fraction of sp³-hybridized carbons (Fsp3) is 0.389. The van der Waals surface area contributed by atoms with Gasteiger partial charge in [-0.2, -0.15) is 0 Å². The number of halogens is 1. The summed E-state index contributed by atoms with van der Waals surface area (Å²) in [5.41, 5.74) is 0.974. The molecule has 1 aromatic carbocycles. The minimum Gasteiger partial charge on any atom is -0.478 e. The normalized spacial score (nSPS) is 20.7. The average molecular weight is 317 g/mol. The van der Waals surface area contributed by atoms with E-state index in [9.17, 15) is 14.3 Å². The van der Waals surface area contributed by atoms with Gasteiger partial charge in [0.15, 0.2) is 0 Å². The first kappa shape index (κ1) is 15.7. The van der Waals surface area contributed by atoms with Gasteiger partial charge in [-0.05, 0) is 50.6 Å². The number of likely N-dealkylation sites (tertiary alicyclic amines) is 1. The summed E-state index contributed by atoms with van der Waals surface area (Å²) < 4.78 is 18.9. The minimum atomic E-state index is -0.979. The number of aromatic carboxylic acids is 1. The number of carbonyl (C=O) groups is 1. The Balaban J connectivity index is 1.83. The summed E-state index contributed by atoms with van der Waals surface area (Å²) >= 11 is 0. The zero-order chi connectivity index (χ0) is 16.6. The number of hydrogen-bond donors (Lipinski definition) is 1. The lowest BCUT2D eigenvalue weighted by molar-refractivity contribution is 0.0689. The SMILES string of the molecule is CC1(C)C(c2cccc(F)c2)CCN1Cc1occc1C(=O)O. The highest BCUT2D eigenvalue weighted by Gasteiger charge is 2.42. The second kappa shape index (κ2) is 5.81. The summed E-state index contributed by atoms with van der Waals surface area (Å²) in [4.78, 5) is 13.4. The molecule has 23 heavy (non-hydrogen) atoms. The van der Waals surface area contributed by atoms with Crippen LogP contribution in [0.2, 0.25) is 0 Å². The maximum Gasteiger partial charge on any atom is 0.339 e. The second-order valence-electron chi connectivity index (χ2n) is 6.53. The van der Waals surface area contributed by atoms with Crippen molar-refractivity contribution in [2.75, 3.05) is 6.54 Å². The van der Waals surface area contributed by atoms with Gasteiger partial charge in [0.05, 0.1) is 12.8 Å². The molecule has 5 heteroatoms. The molecule has 1 aliphatic rings. The summed E-state index contributed by atoms with van der Waals surface area (Å²) in [5.74, 6) is -0.546. The molecule has 1 aromatic heterocycles. The van der Waals surface area contributed by atoms with Gasteiger partial charge < -0.3 is 9.52 Å². The van der Waals surface area contributed by atoms with Crippen molar-refractivity contribution < 1.29 is 18.7 Å². The van der Waals surface area contributed by atoms with E-state index in [0.29, 0.717) is 12.3 Å². The van der Waals surface area contributed by atoms with Crippen LogP contribution in [0.4, 0.5) is 4.39 Å². The van der Waals surface area contributed by atoms with Crippen molar-refractivity contribution in [3.8, 4) is 0 Å². The maximum atomic E-state index is 13.5. The Morgan fingerprint density at radius 2 is 2.22 bits per heavy atom. The number of carboxylic acid groups (broad SMARTS) is 1. The number of rotatable bonds is 4. The van der Waals surface area contributed by atoms with E-state index in [2.05, 4.69) is 18.7 Å². The van der Waals surface area contributed by atoms with Crippen molar-refractivity contribution in [1.29, 1.82) is 0 Å². The van der Waals surface area contributed by atoms with E-state index in [1.165, 1.54) is 18.4 Å². The molecule has 0 bridgehead atoms. The monoisotopic (exact) mass is 317 g/mol. The van der Waals surface area contributed by atoms with Crippen LogP contribution in [0.25, 0.3) is 0 Å². The quantitative estimate of drug-likeness (QED) is 0.929. The third-order valence-electron chi connectivity index (χ3n) is 4.92. The van der Waals surface area contributed by atoms with Gasteiger partial charge in [-0.1, -0.05) is 12.1 Å². The van der Waals surface area contributed by atoms with E-state index in [0.717, 1.165) is 18.5 Å². The Bertz CT molecular complexity index is 723. The maximum absolute atomic E-state index is 13.5. The lowest BCUT2D eigenvalue weighted by Crippen LogP contribution is -2.41. The van der Waals surface area contributed by atoms with Crippen molar-refractivity contribution in [3.05, 3.63) is 59.3 Å². The van der Waals surface area contributed by atoms with Crippen molar-refractivity contribution in [2.45, 2.75) is 38.3 Å². The van der Waals surface area contributed by atoms with Gasteiger partial charge in [-0.15, -0.1) is 0 Å². The standard InChI is InChI=1S/C18H20FNO3/c1-18(2)15(12-4-3-5-13(19)10-12)6-8-20(18)11-16-14(17(21)22)7-9-23-16/h3-5,7,9-10,15H,6,8,11H2,1-2H3,(H,21,22). The molecule has 3 rings (SSSR count). The van der Waals surface area contributed by atoms with Crippen molar-refractivity contribution in [1.82, 2.24) is 4.90 Å². The Hall–Kier alpha value is -2.14. The van der Waals surface area contributed by atoms with Gasteiger partial charge in [0, 0.05) is 11.5 Å². The minimum absolute atomic E-state index is 0.196. The molecular formula is C18H20FNO3. The Morgan fingerprint density at radius 3 is 2.91 bits per heavy atom. The Morgan fingerprint density at radius 1 is 1.43 bits per heavy atom. The first-order valence-electron chi connectivity index (χ1n) is 7.70. The highest BCUT2D eigenvalue weighted by Crippen LogP contribution is 2.42. The second-order valence-corrected chi connectivity index (χ2v) is 6.53. The zero-order valence-corrected chi connectivity index (χ0v) is 13.3. The molecule has 0 aliphatic carbocycles. The summed E-state index contributed by atoms with van der Waals surface area (Å²) in [6, 6.07) is 8.20. The van der Waals surface area contributed by atoms with E-state index in [1.807, 2.05) is 6.07 Å². The van der Waals surface area contributed by atoms with Crippen LogP contribution in [0, 0.1) is 5.82 Å². The molecule has 1 atom stereocenters. The Kier molecular flexibility index (Phi) is 3.98. The van der Waals surface area contributed by atoms with Crippen LogP contribution < -0.4 is 0 Å². The van der Waals surface area contributed by atoms with Crippen molar-refractivity contribution >= 4 is 5.97 Å². The first-order chi connectivity index (χ1) is 10.9. The fourth-order valence-corrected chi connectivity index (χ4v) is 3.55. The van der Waals surface area contributed by atoms with Crippen LogP contribution in [0.15, 0.2) is 41.0 Å². The smallest absolute Gasteiger partial charge is 0.339 e. The number of carboxylic acids is 1. The number of benzene rings is 1. The summed E-state index contributed by atoms with van der Waals surface area (Å²) in [6.45, 7) is 5.47. The molecule has 4 nitrogen and oxygen atoms in total. The molecule has 0 radical (unpaired) electrons. The molecule has 0 spiro atoms. The number of hydrogen-bond acceptors (Lipinski definition) is 3. The summed E-state index contributed by atoms with van der Waals surface area (Å²) in [7, 11) is 0. The largest absolute Gasteiger partial charge is 0.478 e. The van der Waals surface area contributed by atoms with Crippen LogP contribution in [-0.4, -0.2) is 28.1 Å². The highest BCUT2D eigenvalue weighted by atomic mass is 19.1. The molecule has 1 fully saturated rings. The highest BCUT2D eigenvalue weighted by molar-refractivity contribution is 5.88. The summed E-state index contributed by atoms with van der Waals surface area (Å²) in [6.07, 6.45) is 2.31. The summed E-state index contributed by atoms with van der Waals surface area (Å²) in [5, 5.41) is 9.20. The van der Waals surface area contributed by atoms with Gasteiger partial charge in [-0.3, -0.25) is 4.90 Å². The molecule has 122 valence electrons. The predicted molar refractivity (Wildman–Crippen MR) is 83.9 cm³/mol. The molecule has 2 aromatic rings. The van der Waals surface area contributed by atoms with E-state index in [-0.39, 0.29) is 22.8 Å². The molecule has 1 aliphatic heterocycles. The first-order valence-corrected chi connectivity index (χ1v) is 7.70. The lowest BCUT2D eigenvalue weighted by atomic mass is 9.82. The van der Waals surface area contributed by atoms with Gasteiger partial charge in [0.25, 0.3) is 0 Å². The molecule has 0 saturated carbocycles. The average Bonchev–Trinajstić information content (AvgIpc) is 3.05. The lowest BCUT2D eigenvalue weighted by Gasteiger charge is -2.36. The van der Waals surface area contributed by atoms with Crippen LogP contribution in [0.3, 0.4) is 0 Å². The molecule has 1 N–H and O–H groups in total. The van der Waals surface area contributed by atoms with Crippen LogP contribution in [0.5, 0.6) is 0 Å². The van der Waals surface area contributed by atoms with Gasteiger partial charge in [0.2, 0.25) is 0 Å². The fourth-order valence-electron chi connectivity index (χ4n) is 3.55. The van der Waals surface area contributed by atoms with Gasteiger partial charge >= 0.3 is 5.97 Å². The van der Waals surface area contributed by atoms with Gasteiger partial charge in [-0.25, -0.2) is 9.18 Å². The number of furan rings is 1. The topological polar surface area (TPSA) is 53.7 Å². The van der Waals surface area contributed by atoms with E-state index < -0.39 is 5.97 Å². The van der Waals surface area contributed by atoms with E-state index in [1.54, 1.807) is 12.1 Å². The van der Waals surface area contributed by atoms with Crippen molar-refractivity contribution in [2.24, 2.45) is 0 Å². The van der Waals surface area contributed by atoms with E-state index in [4.69, 9.17) is 4.42 Å². The predicted octanol–water partition coefficient (Wildman–Crippen LogP) is 3.89. The van der Waals surface area contributed by atoms with Crippen molar-refractivity contribution in [3.63, 3.8) is 0 Å². The van der Waals surface area contributed by atoms with Crippen LogP contribution in [-0.2, 0) is 6.54 Å². The number of nitrogens with zero attached hydrogens (tertiary/aromatic N) is 1. The van der Waals surface area contributed by atoms with Crippen LogP contribution >= 0.6 is 0 Å². The Labute approximate surface area is 134 Å². The van der Waals surface area contributed by atoms with Crippen LogP contribution in [0.1, 0.15) is 47.9 Å².